The second-order valence-electron chi connectivity index (χ2n) is 7.64. The van der Waals surface area contributed by atoms with E-state index in [9.17, 15) is 14.7 Å². The smallest absolute Gasteiger partial charge is 0.254 e. The summed E-state index contributed by atoms with van der Waals surface area (Å²) in [6.07, 6.45) is 0. The highest BCUT2D eigenvalue weighted by atomic mass is 16.3. The Morgan fingerprint density at radius 1 is 0.690 bits per heavy atom. The van der Waals surface area contributed by atoms with Crippen molar-refractivity contribution in [2.24, 2.45) is 0 Å². The van der Waals surface area contributed by atoms with E-state index in [1.807, 2.05) is 54.6 Å². The van der Waals surface area contributed by atoms with Crippen LogP contribution in [0.15, 0.2) is 66.7 Å². The van der Waals surface area contributed by atoms with Crippen molar-refractivity contribution in [1.82, 2.24) is 9.80 Å². The summed E-state index contributed by atoms with van der Waals surface area (Å²) in [5, 5.41) is 10.2. The normalized spacial score (nSPS) is 15.0. The third-order valence-corrected chi connectivity index (χ3v) is 5.58. The number of aromatic hydroxyl groups is 1. The van der Waals surface area contributed by atoms with Gasteiger partial charge < -0.3 is 14.9 Å². The minimum Gasteiger partial charge on any atom is -0.508 e. The summed E-state index contributed by atoms with van der Waals surface area (Å²) in [7, 11) is 0. The molecule has 0 atom stereocenters. The van der Waals surface area contributed by atoms with Crippen LogP contribution in [-0.4, -0.2) is 26.7 Å². The zero-order chi connectivity index (χ0) is 20.0. The molecule has 2 aliphatic heterocycles. The van der Waals surface area contributed by atoms with Crippen LogP contribution in [0.1, 0.15) is 43.0 Å². The van der Waals surface area contributed by atoms with Crippen molar-refractivity contribution < 1.29 is 14.7 Å². The molecule has 0 fully saturated rings. The molecule has 3 aromatic rings. The number of nitrogens with zero attached hydrogens (tertiary/aromatic N) is 2. The van der Waals surface area contributed by atoms with Crippen molar-refractivity contribution >= 4 is 11.8 Å². The summed E-state index contributed by atoms with van der Waals surface area (Å²) in [5.41, 5.74) is 5.24. The van der Waals surface area contributed by atoms with E-state index in [-0.39, 0.29) is 17.6 Å². The monoisotopic (exact) mass is 384 g/mol. The van der Waals surface area contributed by atoms with Crippen molar-refractivity contribution in [1.29, 1.82) is 0 Å². The van der Waals surface area contributed by atoms with Gasteiger partial charge in [0, 0.05) is 37.3 Å². The average Bonchev–Trinajstić information content (AvgIpc) is 3.19. The van der Waals surface area contributed by atoms with Crippen molar-refractivity contribution in [3.63, 3.8) is 0 Å². The molecular weight excluding hydrogens is 364 g/mol. The number of phenols is 1. The van der Waals surface area contributed by atoms with E-state index < -0.39 is 0 Å². The molecule has 0 bridgehead atoms. The Balaban J connectivity index is 1.34. The second kappa shape index (κ2) is 6.78. The second-order valence-corrected chi connectivity index (χ2v) is 7.64. The van der Waals surface area contributed by atoms with Crippen molar-refractivity contribution in [3.8, 4) is 5.75 Å². The Hall–Kier alpha value is -3.60. The summed E-state index contributed by atoms with van der Waals surface area (Å²) < 4.78 is 0. The first-order valence-electron chi connectivity index (χ1n) is 9.64. The zero-order valence-electron chi connectivity index (χ0n) is 15.8. The lowest BCUT2D eigenvalue weighted by Gasteiger charge is -2.19. The zero-order valence-corrected chi connectivity index (χ0v) is 15.8. The van der Waals surface area contributed by atoms with Crippen molar-refractivity contribution in [2.45, 2.75) is 26.2 Å². The van der Waals surface area contributed by atoms with Crippen LogP contribution in [0.3, 0.4) is 0 Å². The summed E-state index contributed by atoms with van der Waals surface area (Å²) in [5.74, 6) is 0.164. The van der Waals surface area contributed by atoms with Crippen LogP contribution in [0.2, 0.25) is 0 Å². The first-order chi connectivity index (χ1) is 14.1. The highest BCUT2D eigenvalue weighted by Crippen LogP contribution is 2.28. The maximum atomic E-state index is 12.6. The molecule has 3 aromatic carbocycles. The summed E-state index contributed by atoms with van der Waals surface area (Å²) in [4.78, 5) is 28.8. The lowest BCUT2D eigenvalue weighted by atomic mass is 10.1. The van der Waals surface area contributed by atoms with Gasteiger partial charge in [-0.3, -0.25) is 9.59 Å². The number of rotatable bonds is 4. The van der Waals surface area contributed by atoms with Crippen LogP contribution >= 0.6 is 0 Å². The fraction of sp³-hybridized carbons (Fsp3) is 0.167. The predicted molar refractivity (Wildman–Crippen MR) is 108 cm³/mol. The molecule has 2 aliphatic rings. The SMILES string of the molecule is O=C1c2ccccc2CN1Cc1cc(O)cc(CN2Cc3ccccc3C2=O)c1. The van der Waals surface area contributed by atoms with Crippen LogP contribution in [0.5, 0.6) is 5.75 Å². The Kier molecular flexibility index (Phi) is 4.09. The third-order valence-electron chi connectivity index (χ3n) is 5.58. The highest BCUT2D eigenvalue weighted by molar-refractivity contribution is 5.98. The maximum Gasteiger partial charge on any atom is 0.254 e. The van der Waals surface area contributed by atoms with Crippen LogP contribution in [0.25, 0.3) is 0 Å². The molecule has 0 spiro atoms. The lowest BCUT2D eigenvalue weighted by Crippen LogP contribution is -2.24. The first-order valence-corrected chi connectivity index (χ1v) is 9.64. The van der Waals surface area contributed by atoms with E-state index >= 15 is 0 Å². The molecule has 5 nitrogen and oxygen atoms in total. The van der Waals surface area contributed by atoms with Crippen LogP contribution in [0.4, 0.5) is 0 Å². The number of benzene rings is 3. The van der Waals surface area contributed by atoms with E-state index in [2.05, 4.69) is 0 Å². The minimum atomic E-state index is 0.00987. The van der Waals surface area contributed by atoms with Gasteiger partial charge in [0.25, 0.3) is 11.8 Å². The predicted octanol–water partition coefficient (Wildman–Crippen LogP) is 3.70. The van der Waals surface area contributed by atoms with Gasteiger partial charge in [-0.05, 0) is 46.5 Å². The summed E-state index contributed by atoms with van der Waals surface area (Å²) in [6, 6.07) is 20.6. The van der Waals surface area contributed by atoms with Crippen molar-refractivity contribution in [2.75, 3.05) is 0 Å². The Bertz CT molecular complexity index is 1050. The molecular formula is C24H20N2O3. The van der Waals surface area contributed by atoms with E-state index in [4.69, 9.17) is 0 Å². The van der Waals surface area contributed by atoms with E-state index in [0.717, 1.165) is 33.4 Å². The molecule has 1 N–H and O–H groups in total. The molecule has 2 amide bonds. The number of hydrogen-bond acceptors (Lipinski definition) is 3. The number of phenolic OH excluding ortho intramolecular Hbond substituents is 1. The number of carbonyl (C=O) groups is 2. The van der Waals surface area contributed by atoms with Gasteiger partial charge in [-0.2, -0.15) is 0 Å². The molecule has 29 heavy (non-hydrogen) atoms. The molecule has 0 aliphatic carbocycles. The van der Waals surface area contributed by atoms with Gasteiger partial charge in [0.2, 0.25) is 0 Å². The molecule has 0 aromatic heterocycles. The third kappa shape index (κ3) is 3.14. The molecule has 0 saturated heterocycles. The quantitative estimate of drug-likeness (QED) is 0.746. The van der Waals surface area contributed by atoms with E-state index in [0.29, 0.717) is 26.2 Å². The van der Waals surface area contributed by atoms with E-state index in [1.165, 1.54) is 0 Å². The first kappa shape index (κ1) is 17.5. The summed E-state index contributed by atoms with van der Waals surface area (Å²) in [6.45, 7) is 1.98. The molecule has 2 heterocycles. The van der Waals surface area contributed by atoms with Gasteiger partial charge in [0.1, 0.15) is 5.75 Å². The van der Waals surface area contributed by atoms with Gasteiger partial charge in [0.15, 0.2) is 0 Å². The van der Waals surface area contributed by atoms with Gasteiger partial charge in [-0.1, -0.05) is 42.5 Å². The number of hydrogen-bond donors (Lipinski definition) is 1. The molecule has 5 heteroatoms. The van der Waals surface area contributed by atoms with Gasteiger partial charge in [-0.25, -0.2) is 0 Å². The van der Waals surface area contributed by atoms with Crippen LogP contribution in [0, 0.1) is 0 Å². The van der Waals surface area contributed by atoms with Gasteiger partial charge >= 0.3 is 0 Å². The molecule has 5 rings (SSSR count). The summed E-state index contributed by atoms with van der Waals surface area (Å²) >= 11 is 0. The Morgan fingerprint density at radius 3 is 1.59 bits per heavy atom. The van der Waals surface area contributed by atoms with Crippen molar-refractivity contribution in [3.05, 3.63) is 100 Å². The number of carbonyl (C=O) groups excluding carboxylic acids is 2. The standard InChI is InChI=1S/C24H20N2O3/c27-20-10-16(12-25-14-18-5-1-3-7-21(18)23(25)28)9-17(11-20)13-26-15-19-6-2-4-8-22(19)24(26)29/h1-11,27H,12-15H2. The fourth-order valence-electron chi connectivity index (χ4n) is 4.25. The fourth-order valence-corrected chi connectivity index (χ4v) is 4.25. The largest absolute Gasteiger partial charge is 0.508 e. The minimum absolute atomic E-state index is 0.00987. The molecule has 144 valence electrons. The Labute approximate surface area is 168 Å². The van der Waals surface area contributed by atoms with E-state index in [1.54, 1.807) is 21.9 Å². The number of fused-ring (bicyclic) bond motifs is 2. The maximum absolute atomic E-state index is 12.6. The molecule has 0 radical (unpaired) electrons. The Morgan fingerprint density at radius 2 is 1.14 bits per heavy atom. The average molecular weight is 384 g/mol. The van der Waals surface area contributed by atoms with Gasteiger partial charge in [-0.15, -0.1) is 0 Å². The van der Waals surface area contributed by atoms with Gasteiger partial charge in [0.05, 0.1) is 0 Å². The topological polar surface area (TPSA) is 60.9 Å². The van der Waals surface area contributed by atoms with Crippen LogP contribution < -0.4 is 0 Å². The molecule has 0 saturated carbocycles. The molecule has 0 unspecified atom stereocenters. The van der Waals surface area contributed by atoms with Crippen LogP contribution in [-0.2, 0) is 26.2 Å². The lowest BCUT2D eigenvalue weighted by molar-refractivity contribution is 0.0762. The number of amides is 2. The highest BCUT2D eigenvalue weighted by Gasteiger charge is 2.28.